The van der Waals surface area contributed by atoms with Crippen molar-refractivity contribution in [2.45, 2.75) is 0 Å². The zero-order valence-corrected chi connectivity index (χ0v) is 16.5. The highest BCUT2D eigenvalue weighted by molar-refractivity contribution is 8.18. The lowest BCUT2D eigenvalue weighted by Crippen LogP contribution is -2.37. The molecule has 0 spiro atoms. The largest absolute Gasteiger partial charge is 0.497 e. The van der Waals surface area contributed by atoms with Gasteiger partial charge in [0, 0.05) is 23.7 Å². The molecule has 0 unspecified atom stereocenters. The second-order valence-electron chi connectivity index (χ2n) is 5.87. The Morgan fingerprint density at radius 1 is 1.14 bits per heavy atom. The minimum absolute atomic E-state index is 0.102. The molecule has 1 heterocycles. The van der Waals surface area contributed by atoms with Crippen LogP contribution < -0.4 is 10.1 Å². The summed E-state index contributed by atoms with van der Waals surface area (Å²) in [5.41, 5.74) is 1.25. The number of carbonyl (C=O) groups excluding carboxylic acids is 3. The molecule has 8 heteroatoms. The smallest absolute Gasteiger partial charge is 0.293 e. The van der Waals surface area contributed by atoms with E-state index in [1.54, 1.807) is 61.7 Å². The van der Waals surface area contributed by atoms with E-state index in [1.807, 2.05) is 0 Å². The third kappa shape index (κ3) is 4.74. The van der Waals surface area contributed by atoms with Gasteiger partial charge in [0.1, 0.15) is 5.75 Å². The van der Waals surface area contributed by atoms with Crippen LogP contribution in [0.5, 0.6) is 5.75 Å². The first-order valence-corrected chi connectivity index (χ1v) is 9.60. The van der Waals surface area contributed by atoms with Gasteiger partial charge in [0.25, 0.3) is 17.1 Å². The molecule has 0 saturated carbocycles. The molecule has 0 atom stereocenters. The number of thioether (sulfide) groups is 1. The van der Waals surface area contributed by atoms with Gasteiger partial charge in [-0.05, 0) is 59.8 Å². The van der Waals surface area contributed by atoms with Crippen LogP contribution >= 0.6 is 23.4 Å². The normalized spacial score (nSPS) is 15.2. The van der Waals surface area contributed by atoms with E-state index < -0.39 is 0 Å². The Morgan fingerprint density at radius 2 is 1.82 bits per heavy atom. The third-order valence-corrected chi connectivity index (χ3v) is 5.17. The molecule has 144 valence electrons. The number of rotatable bonds is 6. The van der Waals surface area contributed by atoms with Crippen LogP contribution in [0.4, 0.5) is 4.79 Å². The van der Waals surface area contributed by atoms with E-state index in [0.717, 1.165) is 22.2 Å². The fourth-order valence-corrected chi connectivity index (χ4v) is 3.52. The Balaban J connectivity index is 1.57. The summed E-state index contributed by atoms with van der Waals surface area (Å²) < 4.78 is 5.05. The molecule has 1 saturated heterocycles. The number of hydrogen-bond donors (Lipinski definition) is 1. The zero-order valence-electron chi connectivity index (χ0n) is 15.0. The van der Waals surface area contributed by atoms with Gasteiger partial charge in [-0.1, -0.05) is 23.7 Å². The summed E-state index contributed by atoms with van der Waals surface area (Å²) in [5, 5.41) is 2.94. The van der Waals surface area contributed by atoms with Crippen LogP contribution in [0.1, 0.15) is 15.9 Å². The fourth-order valence-electron chi connectivity index (χ4n) is 2.53. The number of nitrogens with one attached hydrogen (secondary N) is 1. The van der Waals surface area contributed by atoms with Crippen LogP contribution in [-0.2, 0) is 4.79 Å². The number of benzene rings is 2. The first kappa shape index (κ1) is 20.0. The van der Waals surface area contributed by atoms with E-state index in [9.17, 15) is 14.4 Å². The molecule has 1 N–H and O–H groups in total. The van der Waals surface area contributed by atoms with Crippen LogP contribution in [0.15, 0.2) is 53.4 Å². The minimum Gasteiger partial charge on any atom is -0.497 e. The first-order valence-electron chi connectivity index (χ1n) is 8.41. The van der Waals surface area contributed by atoms with Gasteiger partial charge in [0.2, 0.25) is 0 Å². The van der Waals surface area contributed by atoms with Gasteiger partial charge < -0.3 is 10.1 Å². The molecule has 1 fully saturated rings. The zero-order chi connectivity index (χ0) is 20.1. The monoisotopic (exact) mass is 416 g/mol. The molecule has 0 aliphatic carbocycles. The maximum Gasteiger partial charge on any atom is 0.293 e. The van der Waals surface area contributed by atoms with Crippen molar-refractivity contribution in [3.63, 3.8) is 0 Å². The lowest BCUT2D eigenvalue weighted by molar-refractivity contribution is -0.122. The highest BCUT2D eigenvalue weighted by atomic mass is 35.5. The minimum atomic E-state index is -0.372. The number of methoxy groups -OCH3 is 1. The highest BCUT2D eigenvalue weighted by Crippen LogP contribution is 2.32. The summed E-state index contributed by atoms with van der Waals surface area (Å²) in [6.07, 6.45) is 1.65. The van der Waals surface area contributed by atoms with Crippen LogP contribution in [-0.4, -0.2) is 42.2 Å². The van der Waals surface area contributed by atoms with E-state index in [4.69, 9.17) is 16.3 Å². The Kier molecular flexibility index (Phi) is 6.38. The molecule has 1 aliphatic rings. The van der Waals surface area contributed by atoms with Gasteiger partial charge in [-0.25, -0.2) is 0 Å². The van der Waals surface area contributed by atoms with Crippen molar-refractivity contribution in [2.75, 3.05) is 20.2 Å². The standard InChI is InChI=1S/C20H17ClN2O4S/c1-27-16-8-4-14(5-9-16)18(24)22-10-11-23-19(25)17(28-20(23)26)12-13-2-6-15(21)7-3-13/h2-9,12H,10-11H2,1H3,(H,22,24)/b17-12+. The number of hydrogen-bond acceptors (Lipinski definition) is 5. The van der Waals surface area contributed by atoms with E-state index in [-0.39, 0.29) is 30.1 Å². The SMILES string of the molecule is COc1ccc(C(=O)NCCN2C(=O)S/C(=C/c3ccc(Cl)cc3)C2=O)cc1. The average molecular weight is 417 g/mol. The number of nitrogens with zero attached hydrogens (tertiary/aromatic N) is 1. The molecule has 28 heavy (non-hydrogen) atoms. The Labute approximate surface area is 171 Å². The van der Waals surface area contributed by atoms with Gasteiger partial charge in [-0.15, -0.1) is 0 Å². The summed E-state index contributed by atoms with van der Waals surface area (Å²) >= 11 is 6.73. The molecule has 1 aliphatic heterocycles. The van der Waals surface area contributed by atoms with Crippen molar-refractivity contribution in [3.8, 4) is 5.75 Å². The molecular weight excluding hydrogens is 400 g/mol. The van der Waals surface area contributed by atoms with Crippen molar-refractivity contribution < 1.29 is 19.1 Å². The van der Waals surface area contributed by atoms with Crippen LogP contribution in [0.2, 0.25) is 5.02 Å². The molecule has 0 bridgehead atoms. The molecule has 3 rings (SSSR count). The molecule has 2 aromatic rings. The maximum absolute atomic E-state index is 12.5. The Hall–Kier alpha value is -2.77. The summed E-state index contributed by atoms with van der Waals surface area (Å²) in [4.78, 5) is 38.2. The number of carbonyl (C=O) groups is 3. The summed E-state index contributed by atoms with van der Waals surface area (Å²) in [6, 6.07) is 13.6. The van der Waals surface area contributed by atoms with Gasteiger partial charge in [-0.2, -0.15) is 0 Å². The molecular formula is C20H17ClN2O4S. The Morgan fingerprint density at radius 3 is 2.46 bits per heavy atom. The predicted octanol–water partition coefficient (Wildman–Crippen LogP) is 3.81. The number of ether oxygens (including phenoxy) is 1. The van der Waals surface area contributed by atoms with Gasteiger partial charge in [0.05, 0.1) is 12.0 Å². The first-order chi connectivity index (χ1) is 13.5. The number of imide groups is 1. The predicted molar refractivity (Wildman–Crippen MR) is 109 cm³/mol. The van der Waals surface area contributed by atoms with Crippen molar-refractivity contribution >= 4 is 46.5 Å². The van der Waals surface area contributed by atoms with E-state index >= 15 is 0 Å². The lowest BCUT2D eigenvalue weighted by atomic mass is 10.2. The number of halogens is 1. The van der Waals surface area contributed by atoms with Gasteiger partial charge in [-0.3, -0.25) is 19.3 Å². The molecule has 0 aromatic heterocycles. The molecule has 3 amide bonds. The van der Waals surface area contributed by atoms with Gasteiger partial charge >= 0.3 is 0 Å². The van der Waals surface area contributed by atoms with E-state index in [1.165, 1.54) is 0 Å². The topological polar surface area (TPSA) is 75.7 Å². The second kappa shape index (κ2) is 8.95. The molecule has 2 aromatic carbocycles. The third-order valence-electron chi connectivity index (χ3n) is 4.01. The van der Waals surface area contributed by atoms with Crippen molar-refractivity contribution in [1.82, 2.24) is 10.2 Å². The molecule has 6 nitrogen and oxygen atoms in total. The van der Waals surface area contributed by atoms with Crippen LogP contribution in [0, 0.1) is 0 Å². The average Bonchev–Trinajstić information content (AvgIpc) is 2.97. The van der Waals surface area contributed by atoms with Crippen LogP contribution in [0.3, 0.4) is 0 Å². The summed E-state index contributed by atoms with van der Waals surface area (Å²) in [7, 11) is 1.55. The lowest BCUT2D eigenvalue weighted by Gasteiger charge is -2.13. The molecule has 0 radical (unpaired) electrons. The van der Waals surface area contributed by atoms with Crippen molar-refractivity contribution in [3.05, 3.63) is 69.6 Å². The van der Waals surface area contributed by atoms with Gasteiger partial charge in [0.15, 0.2) is 0 Å². The summed E-state index contributed by atoms with van der Waals surface area (Å²) in [5.74, 6) is -0.00295. The van der Waals surface area contributed by atoms with Crippen molar-refractivity contribution in [1.29, 1.82) is 0 Å². The second-order valence-corrected chi connectivity index (χ2v) is 7.30. The fraction of sp³-hybridized carbons (Fsp3) is 0.150. The van der Waals surface area contributed by atoms with Crippen LogP contribution in [0.25, 0.3) is 6.08 Å². The maximum atomic E-state index is 12.5. The number of amides is 3. The Bertz CT molecular complexity index is 926. The quantitative estimate of drug-likeness (QED) is 0.724. The summed E-state index contributed by atoms with van der Waals surface area (Å²) in [6.45, 7) is 0.266. The van der Waals surface area contributed by atoms with E-state index in [0.29, 0.717) is 21.2 Å². The van der Waals surface area contributed by atoms with E-state index in [2.05, 4.69) is 5.32 Å². The highest BCUT2D eigenvalue weighted by Gasteiger charge is 2.34. The van der Waals surface area contributed by atoms with Crippen molar-refractivity contribution in [2.24, 2.45) is 0 Å².